The van der Waals surface area contributed by atoms with E-state index in [0.717, 1.165) is 12.1 Å². The predicted octanol–water partition coefficient (Wildman–Crippen LogP) is -1.05. The SMILES string of the molecule is O=C(NNc1ccccn1)C(=O)NN1S(=O)(=O)c2ccccc2S1(=O)=O. The summed E-state index contributed by atoms with van der Waals surface area (Å²) in [7, 11) is -9.10. The number of sulfonamides is 2. The predicted molar refractivity (Wildman–Crippen MR) is 86.8 cm³/mol. The summed E-state index contributed by atoms with van der Waals surface area (Å²) in [6.07, 6.45) is 1.43. The molecule has 0 saturated carbocycles. The van der Waals surface area contributed by atoms with E-state index in [-0.39, 0.29) is 9.64 Å². The van der Waals surface area contributed by atoms with Gasteiger partial charge in [0.2, 0.25) is 0 Å². The number of nitrogens with one attached hydrogen (secondary N) is 3. The zero-order chi connectivity index (χ0) is 18.9. The molecule has 1 aromatic heterocycles. The van der Waals surface area contributed by atoms with Gasteiger partial charge in [0, 0.05) is 10.0 Å². The molecule has 26 heavy (non-hydrogen) atoms. The first-order chi connectivity index (χ1) is 12.2. The molecule has 1 aromatic carbocycles. The van der Waals surface area contributed by atoms with E-state index in [0.29, 0.717) is 0 Å². The maximum absolute atomic E-state index is 12.3. The molecule has 1 aliphatic heterocycles. The van der Waals surface area contributed by atoms with Gasteiger partial charge in [-0.1, -0.05) is 18.2 Å². The number of hydrogen-bond donors (Lipinski definition) is 3. The summed E-state index contributed by atoms with van der Waals surface area (Å²) in [4.78, 5) is 26.5. The van der Waals surface area contributed by atoms with Gasteiger partial charge >= 0.3 is 11.8 Å². The molecule has 0 unspecified atom stereocenters. The zero-order valence-corrected chi connectivity index (χ0v) is 14.4. The van der Waals surface area contributed by atoms with Crippen molar-refractivity contribution in [3.63, 3.8) is 0 Å². The minimum Gasteiger partial charge on any atom is -0.281 e. The smallest absolute Gasteiger partial charge is 0.281 e. The third kappa shape index (κ3) is 2.98. The third-order valence-corrected chi connectivity index (χ3v) is 7.40. The van der Waals surface area contributed by atoms with Crippen LogP contribution in [0.1, 0.15) is 0 Å². The van der Waals surface area contributed by atoms with Crippen LogP contribution in [0, 0.1) is 0 Å². The molecule has 3 rings (SSSR count). The maximum atomic E-state index is 12.3. The molecule has 3 N–H and O–H groups in total. The Morgan fingerprint density at radius 3 is 1.96 bits per heavy atom. The van der Waals surface area contributed by atoms with Gasteiger partial charge in [-0.15, -0.1) is 0 Å². The first kappa shape index (κ1) is 17.8. The molecule has 0 bridgehead atoms. The van der Waals surface area contributed by atoms with Crippen molar-refractivity contribution in [3.8, 4) is 0 Å². The number of nitrogens with zero attached hydrogens (tertiary/aromatic N) is 2. The number of rotatable bonds is 3. The molecule has 0 fully saturated rings. The summed E-state index contributed by atoms with van der Waals surface area (Å²) in [5, 5.41) is 0. The number of anilines is 1. The number of aromatic nitrogens is 1. The lowest BCUT2D eigenvalue weighted by molar-refractivity contribution is -0.140. The molecule has 0 spiro atoms. The highest BCUT2D eigenvalue weighted by Gasteiger charge is 2.48. The van der Waals surface area contributed by atoms with E-state index in [1.54, 1.807) is 17.6 Å². The highest BCUT2D eigenvalue weighted by molar-refractivity contribution is 8.06. The van der Waals surface area contributed by atoms with E-state index in [4.69, 9.17) is 0 Å². The monoisotopic (exact) mass is 397 g/mol. The van der Waals surface area contributed by atoms with Crippen LogP contribution in [0.2, 0.25) is 0 Å². The van der Waals surface area contributed by atoms with E-state index in [1.165, 1.54) is 24.4 Å². The van der Waals surface area contributed by atoms with Gasteiger partial charge in [-0.3, -0.25) is 25.9 Å². The molecule has 0 saturated heterocycles. The number of pyridine rings is 1. The third-order valence-electron chi connectivity index (χ3n) is 3.21. The second kappa shape index (κ2) is 6.36. The van der Waals surface area contributed by atoms with Crippen molar-refractivity contribution in [2.45, 2.75) is 9.79 Å². The fourth-order valence-corrected chi connectivity index (χ4v) is 6.11. The molecule has 11 nitrogen and oxygen atoms in total. The molecule has 0 atom stereocenters. The average Bonchev–Trinajstić information content (AvgIpc) is 2.78. The summed E-state index contributed by atoms with van der Waals surface area (Å²) in [5.41, 5.74) is 5.88. The first-order valence-corrected chi connectivity index (χ1v) is 9.80. The van der Waals surface area contributed by atoms with Gasteiger partial charge in [-0.05, 0) is 24.3 Å². The number of hydrogen-bond acceptors (Lipinski definition) is 8. The average molecular weight is 397 g/mol. The number of hydrazine groups is 2. The standard InChI is InChI=1S/C13H11N5O6S2/c19-12(16-15-11-7-3-4-8-14-11)13(20)17-18-25(21,22)9-5-1-2-6-10(9)26(18,23)24/h1-8H,(H,14,15)(H,16,19)(H,17,20). The van der Waals surface area contributed by atoms with Crippen LogP contribution in [0.3, 0.4) is 0 Å². The molecular weight excluding hydrogens is 386 g/mol. The number of benzene rings is 1. The van der Waals surface area contributed by atoms with Crippen molar-refractivity contribution >= 4 is 37.7 Å². The number of carbonyl (C=O) groups is 2. The van der Waals surface area contributed by atoms with Gasteiger partial charge in [0.15, 0.2) is 0 Å². The molecular formula is C13H11N5O6S2. The van der Waals surface area contributed by atoms with Crippen molar-refractivity contribution in [1.29, 1.82) is 0 Å². The van der Waals surface area contributed by atoms with Gasteiger partial charge in [-0.25, -0.2) is 21.8 Å². The summed E-state index contributed by atoms with van der Waals surface area (Å²) in [6.45, 7) is 0. The summed E-state index contributed by atoms with van der Waals surface area (Å²) < 4.78 is 49.0. The van der Waals surface area contributed by atoms with Gasteiger partial charge in [0.05, 0.1) is 0 Å². The minimum absolute atomic E-state index is 0.211. The van der Waals surface area contributed by atoms with Crippen LogP contribution >= 0.6 is 0 Å². The lowest BCUT2D eigenvalue weighted by Gasteiger charge is -2.14. The van der Waals surface area contributed by atoms with Crippen LogP contribution in [0.25, 0.3) is 0 Å². The van der Waals surface area contributed by atoms with Crippen molar-refractivity contribution < 1.29 is 26.4 Å². The Morgan fingerprint density at radius 2 is 1.42 bits per heavy atom. The number of fused-ring (bicyclic) bond motifs is 1. The topological polar surface area (TPSA) is 155 Å². The van der Waals surface area contributed by atoms with Gasteiger partial charge in [-0.2, -0.15) is 0 Å². The van der Waals surface area contributed by atoms with Crippen LogP contribution in [0.5, 0.6) is 0 Å². The molecule has 1 aliphatic rings. The van der Waals surface area contributed by atoms with Crippen LogP contribution in [-0.4, -0.2) is 37.5 Å². The second-order valence-electron chi connectivity index (χ2n) is 4.89. The zero-order valence-electron chi connectivity index (χ0n) is 12.8. The van der Waals surface area contributed by atoms with E-state index >= 15 is 0 Å². The van der Waals surface area contributed by atoms with Crippen molar-refractivity contribution in [2.24, 2.45) is 0 Å². The van der Waals surface area contributed by atoms with Crippen LogP contribution in [-0.2, 0) is 29.6 Å². The number of carbonyl (C=O) groups excluding carboxylic acids is 2. The Morgan fingerprint density at radius 1 is 0.846 bits per heavy atom. The van der Waals surface area contributed by atoms with Crippen molar-refractivity contribution in [2.75, 3.05) is 5.43 Å². The molecule has 2 aromatic rings. The quantitative estimate of drug-likeness (QED) is 0.438. The highest BCUT2D eigenvalue weighted by Crippen LogP contribution is 2.34. The molecule has 0 aliphatic carbocycles. The van der Waals surface area contributed by atoms with E-state index < -0.39 is 41.7 Å². The first-order valence-electron chi connectivity index (χ1n) is 6.92. The van der Waals surface area contributed by atoms with Gasteiger partial charge in [0.25, 0.3) is 20.0 Å². The second-order valence-corrected chi connectivity index (χ2v) is 8.63. The Kier molecular flexibility index (Phi) is 4.35. The van der Waals surface area contributed by atoms with Crippen LogP contribution in [0.15, 0.2) is 58.5 Å². The summed E-state index contributed by atoms with van der Waals surface area (Å²) in [6, 6.07) is 9.56. The summed E-state index contributed by atoms with van der Waals surface area (Å²) >= 11 is 0. The lowest BCUT2D eigenvalue weighted by Crippen LogP contribution is -2.51. The molecule has 136 valence electrons. The Bertz CT molecular complexity index is 1030. The van der Waals surface area contributed by atoms with Crippen LogP contribution in [0.4, 0.5) is 5.82 Å². The Labute approximate surface area is 148 Å². The van der Waals surface area contributed by atoms with E-state index in [2.05, 4.69) is 10.4 Å². The van der Waals surface area contributed by atoms with Crippen LogP contribution < -0.4 is 16.3 Å². The van der Waals surface area contributed by atoms with Crippen molar-refractivity contribution in [3.05, 3.63) is 48.7 Å². The highest BCUT2D eigenvalue weighted by atomic mass is 32.3. The van der Waals surface area contributed by atoms with E-state index in [9.17, 15) is 26.4 Å². The maximum Gasteiger partial charge on any atom is 0.329 e. The fourth-order valence-electron chi connectivity index (χ4n) is 2.05. The largest absolute Gasteiger partial charge is 0.329 e. The molecule has 13 heteroatoms. The van der Waals surface area contributed by atoms with Crippen molar-refractivity contribution in [1.82, 2.24) is 19.7 Å². The fraction of sp³-hybridized carbons (Fsp3) is 0. The summed E-state index contributed by atoms with van der Waals surface area (Å²) in [5.74, 6) is -2.62. The normalized spacial score (nSPS) is 17.1. The Balaban J connectivity index is 1.76. The molecule has 2 amide bonds. The van der Waals surface area contributed by atoms with Gasteiger partial charge < -0.3 is 0 Å². The van der Waals surface area contributed by atoms with Gasteiger partial charge in [0.1, 0.15) is 15.6 Å². The molecule has 2 heterocycles. The Hall–Kier alpha value is -3.03. The molecule has 0 radical (unpaired) electrons. The number of amides is 2. The lowest BCUT2D eigenvalue weighted by atomic mass is 10.4. The van der Waals surface area contributed by atoms with E-state index in [1.807, 2.05) is 5.43 Å². The minimum atomic E-state index is -4.55.